The number of ether oxygens (including phenoxy) is 2. The first-order chi connectivity index (χ1) is 10.7. The van der Waals surface area contributed by atoms with Crippen LogP contribution in [0.3, 0.4) is 0 Å². The molecule has 0 aliphatic heterocycles. The summed E-state index contributed by atoms with van der Waals surface area (Å²) in [6.07, 6.45) is 1.54. The summed E-state index contributed by atoms with van der Waals surface area (Å²) in [5, 5.41) is 4.45. The van der Waals surface area contributed by atoms with E-state index in [4.69, 9.17) is 9.47 Å². The summed E-state index contributed by atoms with van der Waals surface area (Å²) in [5.74, 6) is -0.369. The van der Waals surface area contributed by atoms with E-state index in [-0.39, 0.29) is 19.1 Å². The average Bonchev–Trinajstić information content (AvgIpc) is 2.56. The second-order valence-corrected chi connectivity index (χ2v) is 4.52. The van der Waals surface area contributed by atoms with E-state index in [1.165, 1.54) is 0 Å². The minimum Gasteiger partial charge on any atom is -0.481 e. The molecule has 0 radical (unpaired) electrons. The molecule has 0 unspecified atom stereocenters. The van der Waals surface area contributed by atoms with E-state index in [0.29, 0.717) is 12.3 Å². The Morgan fingerprint density at radius 1 is 1.09 bits per heavy atom. The van der Waals surface area contributed by atoms with Crippen molar-refractivity contribution in [3.63, 3.8) is 0 Å². The number of esters is 1. The first-order valence-corrected chi connectivity index (χ1v) is 6.84. The molecule has 0 saturated heterocycles. The van der Waals surface area contributed by atoms with Crippen molar-refractivity contribution in [2.24, 2.45) is 0 Å². The van der Waals surface area contributed by atoms with E-state index in [9.17, 15) is 9.59 Å². The lowest BCUT2D eigenvalue weighted by Crippen LogP contribution is -2.29. The zero-order valence-corrected chi connectivity index (χ0v) is 12.1. The van der Waals surface area contributed by atoms with E-state index in [2.05, 4.69) is 11.9 Å². The smallest absolute Gasteiger partial charge is 0.344 e. The second-order valence-electron chi connectivity index (χ2n) is 4.52. The highest BCUT2D eigenvalue weighted by Gasteiger charge is 2.09. The molecule has 0 fully saturated rings. The number of fused-ring (bicyclic) bond motifs is 1. The molecule has 0 saturated carbocycles. The van der Waals surface area contributed by atoms with Crippen LogP contribution < -0.4 is 10.1 Å². The van der Waals surface area contributed by atoms with Gasteiger partial charge in [-0.05, 0) is 11.5 Å². The first-order valence-electron chi connectivity index (χ1n) is 6.84. The fourth-order valence-corrected chi connectivity index (χ4v) is 1.88. The number of benzene rings is 2. The van der Waals surface area contributed by atoms with E-state index >= 15 is 0 Å². The molecule has 0 aliphatic rings. The third-order valence-electron chi connectivity index (χ3n) is 2.90. The number of amides is 1. The molecule has 5 nitrogen and oxygen atoms in total. The molecule has 0 spiro atoms. The van der Waals surface area contributed by atoms with Crippen LogP contribution in [-0.4, -0.2) is 31.6 Å². The second kappa shape index (κ2) is 7.83. The highest BCUT2D eigenvalue weighted by atomic mass is 16.6. The van der Waals surface area contributed by atoms with Gasteiger partial charge >= 0.3 is 5.97 Å². The van der Waals surface area contributed by atoms with Crippen molar-refractivity contribution in [1.82, 2.24) is 5.32 Å². The molecule has 0 bridgehead atoms. The summed E-state index contributed by atoms with van der Waals surface area (Å²) in [5.41, 5.74) is 0. The third-order valence-corrected chi connectivity index (χ3v) is 2.90. The Hall–Kier alpha value is -2.82. The number of carbonyl (C=O) groups is 2. The Balaban J connectivity index is 1.85. The molecule has 114 valence electrons. The lowest BCUT2D eigenvalue weighted by molar-refractivity contribution is -0.150. The summed E-state index contributed by atoms with van der Waals surface area (Å²) in [6, 6.07) is 13.3. The highest BCUT2D eigenvalue weighted by molar-refractivity contribution is 5.88. The molecule has 0 aromatic heterocycles. The van der Waals surface area contributed by atoms with Gasteiger partial charge < -0.3 is 14.8 Å². The van der Waals surface area contributed by atoms with Crippen LogP contribution in [-0.2, 0) is 14.3 Å². The minimum absolute atomic E-state index is 0.247. The first kappa shape index (κ1) is 15.6. The SMILES string of the molecule is C=CCNC(=O)COC(=O)COc1cccc2ccccc12. The molecule has 0 aliphatic carbocycles. The van der Waals surface area contributed by atoms with Gasteiger partial charge in [-0.25, -0.2) is 4.79 Å². The Labute approximate surface area is 128 Å². The Kier molecular flexibility index (Phi) is 5.54. The molecule has 1 N–H and O–H groups in total. The van der Waals surface area contributed by atoms with Crippen molar-refractivity contribution in [2.75, 3.05) is 19.8 Å². The largest absolute Gasteiger partial charge is 0.481 e. The van der Waals surface area contributed by atoms with Crippen LogP contribution in [0.1, 0.15) is 0 Å². The zero-order valence-electron chi connectivity index (χ0n) is 12.1. The van der Waals surface area contributed by atoms with Gasteiger partial charge in [0.2, 0.25) is 0 Å². The van der Waals surface area contributed by atoms with Gasteiger partial charge in [-0.1, -0.05) is 42.5 Å². The molecule has 2 aromatic rings. The van der Waals surface area contributed by atoms with Crippen LogP contribution in [0.15, 0.2) is 55.1 Å². The summed E-state index contributed by atoms with van der Waals surface area (Å²) >= 11 is 0. The van der Waals surface area contributed by atoms with E-state index < -0.39 is 5.97 Å². The van der Waals surface area contributed by atoms with Crippen LogP contribution in [0.2, 0.25) is 0 Å². The maximum atomic E-state index is 11.6. The van der Waals surface area contributed by atoms with Gasteiger partial charge in [0.1, 0.15) is 5.75 Å². The number of hydrogen-bond acceptors (Lipinski definition) is 4. The topological polar surface area (TPSA) is 64.6 Å². The minimum atomic E-state index is -0.596. The predicted molar refractivity (Wildman–Crippen MR) is 83.6 cm³/mol. The van der Waals surface area contributed by atoms with Crippen molar-refractivity contribution < 1.29 is 19.1 Å². The number of rotatable bonds is 7. The molecular formula is C17H17NO4. The van der Waals surface area contributed by atoms with Gasteiger partial charge in [-0.2, -0.15) is 0 Å². The third kappa shape index (κ3) is 4.34. The van der Waals surface area contributed by atoms with Gasteiger partial charge in [0.25, 0.3) is 5.91 Å². The molecule has 5 heteroatoms. The van der Waals surface area contributed by atoms with Gasteiger partial charge in [-0.3, -0.25) is 4.79 Å². The van der Waals surface area contributed by atoms with Crippen LogP contribution in [0, 0.1) is 0 Å². The fourth-order valence-electron chi connectivity index (χ4n) is 1.88. The van der Waals surface area contributed by atoms with Gasteiger partial charge in [0.15, 0.2) is 13.2 Å². The van der Waals surface area contributed by atoms with Crippen LogP contribution in [0.5, 0.6) is 5.75 Å². The number of nitrogens with one attached hydrogen (secondary N) is 1. The van der Waals surface area contributed by atoms with E-state index in [1.54, 1.807) is 12.1 Å². The van der Waals surface area contributed by atoms with Gasteiger partial charge in [-0.15, -0.1) is 6.58 Å². The normalized spacial score (nSPS) is 10.0. The summed E-state index contributed by atoms with van der Waals surface area (Å²) in [4.78, 5) is 22.9. The molecule has 2 rings (SSSR count). The standard InChI is InChI=1S/C17H17NO4/c1-2-10-18-16(19)11-22-17(20)12-21-15-9-5-7-13-6-3-4-8-14(13)15/h2-9H,1,10-12H2,(H,18,19). The molecule has 2 aromatic carbocycles. The fraction of sp³-hybridized carbons (Fsp3) is 0.176. The Morgan fingerprint density at radius 3 is 2.68 bits per heavy atom. The maximum Gasteiger partial charge on any atom is 0.344 e. The monoisotopic (exact) mass is 299 g/mol. The van der Waals surface area contributed by atoms with Crippen LogP contribution in [0.25, 0.3) is 10.8 Å². The quantitative estimate of drug-likeness (QED) is 0.628. The van der Waals surface area contributed by atoms with Gasteiger partial charge in [0.05, 0.1) is 0 Å². The molecular weight excluding hydrogens is 282 g/mol. The number of hydrogen-bond donors (Lipinski definition) is 1. The summed E-state index contributed by atoms with van der Waals surface area (Å²) in [7, 11) is 0. The zero-order chi connectivity index (χ0) is 15.8. The Morgan fingerprint density at radius 2 is 1.86 bits per heavy atom. The van der Waals surface area contributed by atoms with Gasteiger partial charge in [0, 0.05) is 11.9 Å². The lowest BCUT2D eigenvalue weighted by Gasteiger charge is -2.09. The predicted octanol–water partition coefficient (Wildman–Crippen LogP) is 2.06. The van der Waals surface area contributed by atoms with Crippen molar-refractivity contribution in [2.45, 2.75) is 0 Å². The van der Waals surface area contributed by atoms with Crippen molar-refractivity contribution in [1.29, 1.82) is 0 Å². The lowest BCUT2D eigenvalue weighted by atomic mass is 10.1. The summed E-state index contributed by atoms with van der Waals surface area (Å²) < 4.78 is 10.3. The van der Waals surface area contributed by atoms with Crippen molar-refractivity contribution in [3.8, 4) is 5.75 Å². The molecule has 0 heterocycles. The Bertz CT molecular complexity index is 676. The molecule has 22 heavy (non-hydrogen) atoms. The maximum absolute atomic E-state index is 11.6. The van der Waals surface area contributed by atoms with Crippen LogP contribution >= 0.6 is 0 Å². The highest BCUT2D eigenvalue weighted by Crippen LogP contribution is 2.24. The van der Waals surface area contributed by atoms with E-state index in [0.717, 1.165) is 10.8 Å². The molecule has 1 amide bonds. The molecule has 0 atom stereocenters. The van der Waals surface area contributed by atoms with Crippen molar-refractivity contribution in [3.05, 3.63) is 55.1 Å². The average molecular weight is 299 g/mol. The summed E-state index contributed by atoms with van der Waals surface area (Å²) in [6.45, 7) is 3.23. The van der Waals surface area contributed by atoms with E-state index in [1.807, 2.05) is 36.4 Å². The van der Waals surface area contributed by atoms with Crippen molar-refractivity contribution >= 4 is 22.6 Å². The number of carbonyl (C=O) groups excluding carboxylic acids is 2. The van der Waals surface area contributed by atoms with Crippen LogP contribution in [0.4, 0.5) is 0 Å².